The number of halogens is 1. The minimum Gasteiger partial charge on any atom is -0.478 e. The molecule has 0 bridgehead atoms. The lowest BCUT2D eigenvalue weighted by molar-refractivity contribution is 0.0697. The van der Waals surface area contributed by atoms with Crippen LogP contribution in [0.5, 0.6) is 0 Å². The van der Waals surface area contributed by atoms with E-state index in [1.165, 1.54) is 24.5 Å². The van der Waals surface area contributed by atoms with Crippen LogP contribution in [0.4, 0.5) is 5.69 Å². The molecule has 0 amide bonds. The smallest absolute Gasteiger partial charge is 0.335 e. The van der Waals surface area contributed by atoms with E-state index in [0.717, 1.165) is 6.20 Å². The average Bonchev–Trinajstić information content (AvgIpc) is 2.81. The van der Waals surface area contributed by atoms with Gasteiger partial charge in [-0.15, -0.1) is 0 Å². The molecule has 1 aromatic carbocycles. The Labute approximate surface area is 113 Å². The lowest BCUT2D eigenvalue weighted by Crippen LogP contribution is -2.13. The molecule has 0 saturated carbocycles. The third kappa shape index (κ3) is 3.04. The summed E-state index contributed by atoms with van der Waals surface area (Å²) in [6.07, 6.45) is 2.35. The van der Waals surface area contributed by atoms with Crippen molar-refractivity contribution >= 4 is 33.3 Å². The molecule has 7 nitrogen and oxygen atoms in total. The van der Waals surface area contributed by atoms with Gasteiger partial charge in [0.05, 0.1) is 23.8 Å². The number of aromatic nitrogens is 2. The number of rotatable bonds is 4. The molecule has 1 heterocycles. The van der Waals surface area contributed by atoms with E-state index in [0.29, 0.717) is 0 Å². The Hall–Kier alpha value is -2.06. The second-order valence-electron chi connectivity index (χ2n) is 3.56. The fourth-order valence-electron chi connectivity index (χ4n) is 1.37. The van der Waals surface area contributed by atoms with Gasteiger partial charge in [-0.2, -0.15) is 8.42 Å². The molecule has 0 aliphatic rings. The van der Waals surface area contributed by atoms with Crippen LogP contribution >= 0.6 is 11.6 Å². The lowest BCUT2D eigenvalue weighted by atomic mass is 10.2. The van der Waals surface area contributed by atoms with Crippen LogP contribution < -0.4 is 4.72 Å². The second-order valence-corrected chi connectivity index (χ2v) is 5.64. The summed E-state index contributed by atoms with van der Waals surface area (Å²) in [7, 11) is -3.85. The van der Waals surface area contributed by atoms with Crippen LogP contribution in [0.15, 0.2) is 35.7 Å². The highest BCUT2D eigenvalue weighted by Crippen LogP contribution is 2.21. The minimum atomic E-state index is -3.85. The molecule has 0 fully saturated rings. The zero-order valence-electron chi connectivity index (χ0n) is 9.29. The van der Waals surface area contributed by atoms with Crippen LogP contribution in [0.2, 0.25) is 5.02 Å². The Morgan fingerprint density at radius 2 is 2.11 bits per heavy atom. The number of anilines is 1. The quantitative estimate of drug-likeness (QED) is 0.793. The van der Waals surface area contributed by atoms with Gasteiger partial charge in [0.1, 0.15) is 0 Å². The largest absolute Gasteiger partial charge is 0.478 e. The predicted octanol–water partition coefficient (Wildman–Crippen LogP) is 1.56. The number of nitrogens with zero attached hydrogens (tertiary/aromatic N) is 1. The first-order chi connectivity index (χ1) is 8.88. The molecule has 0 aliphatic heterocycles. The number of H-pyrrole nitrogens is 1. The highest BCUT2D eigenvalue weighted by atomic mass is 35.5. The molecule has 2 aromatic rings. The van der Waals surface area contributed by atoms with Gasteiger partial charge in [-0.3, -0.25) is 4.72 Å². The van der Waals surface area contributed by atoms with Crippen LogP contribution in [-0.2, 0) is 10.0 Å². The maximum absolute atomic E-state index is 11.9. The highest BCUT2D eigenvalue weighted by molar-refractivity contribution is 7.92. The fraction of sp³-hybridized carbons (Fsp3) is 0. The molecule has 0 aliphatic carbocycles. The summed E-state index contributed by atoms with van der Waals surface area (Å²) in [6, 6.07) is 3.70. The predicted molar refractivity (Wildman–Crippen MR) is 67.8 cm³/mol. The molecule has 9 heteroatoms. The number of hydrogen-bond donors (Lipinski definition) is 3. The monoisotopic (exact) mass is 301 g/mol. The van der Waals surface area contributed by atoms with E-state index >= 15 is 0 Å². The molecule has 0 atom stereocenters. The first kappa shape index (κ1) is 13.4. The van der Waals surface area contributed by atoms with Gasteiger partial charge in [0.15, 0.2) is 5.03 Å². The second kappa shape index (κ2) is 4.90. The van der Waals surface area contributed by atoms with E-state index in [9.17, 15) is 13.2 Å². The Kier molecular flexibility index (Phi) is 3.45. The maximum atomic E-state index is 11.9. The number of carboxylic acid groups (broad SMARTS) is 1. The lowest BCUT2D eigenvalue weighted by Gasteiger charge is -2.07. The molecule has 3 N–H and O–H groups in total. The molecular weight excluding hydrogens is 294 g/mol. The number of carbonyl (C=O) groups is 1. The van der Waals surface area contributed by atoms with Crippen molar-refractivity contribution in [2.45, 2.75) is 5.03 Å². The van der Waals surface area contributed by atoms with E-state index in [2.05, 4.69) is 14.7 Å². The third-order valence-corrected chi connectivity index (χ3v) is 3.68. The molecule has 1 aromatic heterocycles. The van der Waals surface area contributed by atoms with Crippen LogP contribution in [0, 0.1) is 0 Å². The van der Waals surface area contributed by atoms with Gasteiger partial charge in [0, 0.05) is 5.02 Å². The molecular formula is C10H8ClN3O4S. The van der Waals surface area contributed by atoms with Crippen molar-refractivity contribution in [2.75, 3.05) is 4.72 Å². The Balaban J connectivity index is 2.37. The van der Waals surface area contributed by atoms with Gasteiger partial charge in [-0.25, -0.2) is 9.78 Å². The number of imidazole rings is 1. The molecule has 100 valence electrons. The van der Waals surface area contributed by atoms with Gasteiger partial charge in [0.25, 0.3) is 10.0 Å². The number of aromatic amines is 1. The highest BCUT2D eigenvalue weighted by Gasteiger charge is 2.17. The normalized spacial score (nSPS) is 11.2. The van der Waals surface area contributed by atoms with Crippen LogP contribution in [0.25, 0.3) is 0 Å². The number of benzene rings is 1. The van der Waals surface area contributed by atoms with E-state index in [1.807, 2.05) is 0 Å². The van der Waals surface area contributed by atoms with Crippen LogP contribution in [-0.4, -0.2) is 29.5 Å². The summed E-state index contributed by atoms with van der Waals surface area (Å²) in [4.78, 5) is 16.9. The summed E-state index contributed by atoms with van der Waals surface area (Å²) in [5.74, 6) is -1.20. The van der Waals surface area contributed by atoms with Crippen LogP contribution in [0.1, 0.15) is 10.4 Å². The van der Waals surface area contributed by atoms with E-state index in [4.69, 9.17) is 16.7 Å². The number of aromatic carboxylic acids is 1. The summed E-state index contributed by atoms with van der Waals surface area (Å²) < 4.78 is 26.0. The standard InChI is InChI=1S/C10H8ClN3O4S/c11-7-1-6(10(15)16)2-8(3-7)14-19(17,18)9-4-12-5-13-9/h1-5,14H,(H,12,13)(H,15,16). The van der Waals surface area contributed by atoms with Crippen molar-refractivity contribution in [3.8, 4) is 0 Å². The molecule has 0 spiro atoms. The van der Waals surface area contributed by atoms with Crippen molar-refractivity contribution in [1.29, 1.82) is 0 Å². The van der Waals surface area contributed by atoms with Gasteiger partial charge < -0.3 is 10.1 Å². The zero-order valence-corrected chi connectivity index (χ0v) is 10.9. The number of sulfonamides is 1. The number of carboxylic acids is 1. The van der Waals surface area contributed by atoms with Crippen molar-refractivity contribution < 1.29 is 18.3 Å². The van der Waals surface area contributed by atoms with Crippen LogP contribution in [0.3, 0.4) is 0 Å². The molecule has 19 heavy (non-hydrogen) atoms. The Morgan fingerprint density at radius 3 is 2.68 bits per heavy atom. The summed E-state index contributed by atoms with van der Waals surface area (Å²) >= 11 is 5.73. The van der Waals surface area contributed by atoms with Crippen molar-refractivity contribution in [1.82, 2.24) is 9.97 Å². The minimum absolute atomic E-state index is 0.0551. The van der Waals surface area contributed by atoms with Gasteiger partial charge in [0.2, 0.25) is 0 Å². The van der Waals surface area contributed by atoms with E-state index in [-0.39, 0.29) is 21.3 Å². The van der Waals surface area contributed by atoms with Gasteiger partial charge in [-0.05, 0) is 18.2 Å². The van der Waals surface area contributed by atoms with Gasteiger partial charge in [-0.1, -0.05) is 11.6 Å². The Morgan fingerprint density at radius 1 is 1.37 bits per heavy atom. The third-order valence-electron chi connectivity index (χ3n) is 2.16. The van der Waals surface area contributed by atoms with Crippen molar-refractivity contribution in [3.05, 3.63) is 41.3 Å². The Bertz CT molecular complexity index is 712. The first-order valence-electron chi connectivity index (χ1n) is 4.93. The zero-order chi connectivity index (χ0) is 14.0. The summed E-state index contributed by atoms with van der Waals surface area (Å²) in [5.41, 5.74) is -0.0608. The molecule has 0 radical (unpaired) electrons. The maximum Gasteiger partial charge on any atom is 0.335 e. The summed E-state index contributed by atoms with van der Waals surface area (Å²) in [6.45, 7) is 0. The van der Waals surface area contributed by atoms with Crippen molar-refractivity contribution in [2.24, 2.45) is 0 Å². The molecule has 0 unspecified atom stereocenters. The molecule has 2 rings (SSSR count). The number of nitrogens with one attached hydrogen (secondary N) is 2. The topological polar surface area (TPSA) is 112 Å². The van der Waals surface area contributed by atoms with Gasteiger partial charge >= 0.3 is 5.97 Å². The molecule has 0 saturated heterocycles. The average molecular weight is 302 g/mol. The van der Waals surface area contributed by atoms with Crippen molar-refractivity contribution in [3.63, 3.8) is 0 Å². The SMILES string of the molecule is O=C(O)c1cc(Cl)cc(NS(=O)(=O)c2cnc[nH]2)c1. The van der Waals surface area contributed by atoms with E-state index in [1.54, 1.807) is 0 Å². The fourth-order valence-corrected chi connectivity index (χ4v) is 2.55. The van der Waals surface area contributed by atoms with E-state index < -0.39 is 16.0 Å². The number of hydrogen-bond acceptors (Lipinski definition) is 4. The summed E-state index contributed by atoms with van der Waals surface area (Å²) in [5, 5.41) is 8.84. The first-order valence-corrected chi connectivity index (χ1v) is 6.80.